The molecule has 3 unspecified atom stereocenters. The summed E-state index contributed by atoms with van der Waals surface area (Å²) < 4.78 is 23.2. The highest BCUT2D eigenvalue weighted by molar-refractivity contribution is 7.89. The van der Waals surface area contributed by atoms with Gasteiger partial charge in [0.2, 0.25) is 10.0 Å². The zero-order chi connectivity index (χ0) is 15.8. The third-order valence-electron chi connectivity index (χ3n) is 4.54. The number of piperidine rings is 1. The molecule has 0 bridgehead atoms. The van der Waals surface area contributed by atoms with Crippen molar-refractivity contribution in [2.24, 2.45) is 11.1 Å². The van der Waals surface area contributed by atoms with Crippen molar-refractivity contribution < 1.29 is 8.42 Å². The highest BCUT2D eigenvalue weighted by atomic mass is 32.2. The zero-order valence-corrected chi connectivity index (χ0v) is 13.9. The van der Waals surface area contributed by atoms with Crippen LogP contribution < -0.4 is 10.5 Å². The van der Waals surface area contributed by atoms with Crippen molar-refractivity contribution in [3.05, 3.63) is 23.8 Å². The van der Waals surface area contributed by atoms with Gasteiger partial charge in [0, 0.05) is 24.3 Å². The van der Waals surface area contributed by atoms with E-state index in [0.29, 0.717) is 23.6 Å². The van der Waals surface area contributed by atoms with Crippen LogP contribution >= 0.6 is 0 Å². The van der Waals surface area contributed by atoms with Gasteiger partial charge in [0.1, 0.15) is 0 Å². The average Bonchev–Trinajstić information content (AvgIpc) is 2.36. The Morgan fingerprint density at radius 1 is 1.33 bits per heavy atom. The lowest BCUT2D eigenvalue weighted by Crippen LogP contribution is -2.48. The van der Waals surface area contributed by atoms with Crippen molar-refractivity contribution >= 4 is 15.7 Å². The molecular weight excluding hydrogens is 286 g/mol. The Hall–Kier alpha value is -1.11. The lowest BCUT2D eigenvalue weighted by Gasteiger charge is -2.40. The molecule has 0 spiro atoms. The molecule has 3 N–H and O–H groups in total. The van der Waals surface area contributed by atoms with Gasteiger partial charge in [-0.05, 0) is 50.9 Å². The van der Waals surface area contributed by atoms with Crippen molar-refractivity contribution in [3.63, 3.8) is 0 Å². The largest absolute Gasteiger partial charge is 0.382 e. The summed E-state index contributed by atoms with van der Waals surface area (Å²) in [7, 11) is -1.54. The van der Waals surface area contributed by atoms with Crippen molar-refractivity contribution in [1.82, 2.24) is 4.90 Å². The minimum absolute atomic E-state index is 0.195. The Bertz CT molecular complexity index is 615. The summed E-state index contributed by atoms with van der Waals surface area (Å²) in [4.78, 5) is 2.55. The van der Waals surface area contributed by atoms with Crippen molar-refractivity contribution in [1.29, 1.82) is 0 Å². The molecule has 1 fully saturated rings. The minimum atomic E-state index is -3.68. The number of nitrogens with two attached hydrogens (primary N) is 1. The highest BCUT2D eigenvalue weighted by Gasteiger charge is 2.29. The number of nitrogens with one attached hydrogen (secondary N) is 1. The Morgan fingerprint density at radius 3 is 2.62 bits per heavy atom. The van der Waals surface area contributed by atoms with E-state index in [4.69, 9.17) is 5.14 Å². The predicted octanol–water partition coefficient (Wildman–Crippen LogP) is 1.78. The molecule has 0 radical (unpaired) electrons. The van der Waals surface area contributed by atoms with E-state index >= 15 is 0 Å². The Morgan fingerprint density at radius 2 is 2.00 bits per heavy atom. The molecule has 5 nitrogen and oxygen atoms in total. The molecule has 2 rings (SSSR count). The molecule has 0 aliphatic carbocycles. The Balaban J connectivity index is 2.24. The number of sulfonamides is 1. The van der Waals surface area contributed by atoms with E-state index in [-0.39, 0.29) is 4.90 Å². The van der Waals surface area contributed by atoms with Crippen molar-refractivity contribution in [2.45, 2.75) is 44.2 Å². The third kappa shape index (κ3) is 3.56. The summed E-state index contributed by atoms with van der Waals surface area (Å²) in [6, 6.07) is 6.06. The normalized spacial score (nSPS) is 27.6. The lowest BCUT2D eigenvalue weighted by molar-refractivity contribution is 0.145. The fourth-order valence-electron chi connectivity index (χ4n) is 3.02. The summed E-state index contributed by atoms with van der Waals surface area (Å²) in [6.07, 6.45) is 1.04. The summed E-state index contributed by atoms with van der Waals surface area (Å²) >= 11 is 0. The molecule has 1 aliphatic heterocycles. The van der Waals surface area contributed by atoms with E-state index in [2.05, 4.69) is 31.1 Å². The molecule has 1 heterocycles. The Kier molecular flexibility index (Phi) is 4.60. The van der Waals surface area contributed by atoms with Crippen LogP contribution in [0, 0.1) is 12.8 Å². The second-order valence-corrected chi connectivity index (χ2v) is 7.76. The van der Waals surface area contributed by atoms with E-state index in [0.717, 1.165) is 18.7 Å². The van der Waals surface area contributed by atoms with E-state index in [1.165, 1.54) is 0 Å². The second kappa shape index (κ2) is 5.94. The maximum absolute atomic E-state index is 11.6. The first-order valence-electron chi connectivity index (χ1n) is 7.29. The molecule has 1 aromatic rings. The summed E-state index contributed by atoms with van der Waals surface area (Å²) in [6.45, 7) is 7.27. The molecule has 0 amide bonds. The summed E-state index contributed by atoms with van der Waals surface area (Å²) in [5.74, 6) is 0.503. The predicted molar refractivity (Wildman–Crippen MR) is 85.8 cm³/mol. The first kappa shape index (κ1) is 16.3. The van der Waals surface area contributed by atoms with Gasteiger partial charge in [0.15, 0.2) is 0 Å². The fourth-order valence-corrected chi connectivity index (χ4v) is 3.83. The smallest absolute Gasteiger partial charge is 0.238 e. The van der Waals surface area contributed by atoms with Crippen LogP contribution in [0.4, 0.5) is 5.69 Å². The highest BCUT2D eigenvalue weighted by Crippen LogP contribution is 2.28. The van der Waals surface area contributed by atoms with Crippen LogP contribution in [0.3, 0.4) is 0 Å². The topological polar surface area (TPSA) is 75.4 Å². The molecule has 1 aliphatic rings. The number of hydrogen-bond donors (Lipinski definition) is 2. The molecule has 0 aromatic heterocycles. The van der Waals surface area contributed by atoms with Gasteiger partial charge < -0.3 is 10.2 Å². The number of rotatable bonds is 3. The van der Waals surface area contributed by atoms with Crippen LogP contribution in [0.25, 0.3) is 0 Å². The minimum Gasteiger partial charge on any atom is -0.382 e. The first-order chi connectivity index (χ1) is 9.70. The molecule has 6 heteroatoms. The van der Waals surface area contributed by atoms with Gasteiger partial charge in [-0.15, -0.1) is 0 Å². The van der Waals surface area contributed by atoms with Crippen LogP contribution in [0.2, 0.25) is 0 Å². The summed E-state index contributed by atoms with van der Waals surface area (Å²) in [5, 5.41) is 8.78. The van der Waals surface area contributed by atoms with Gasteiger partial charge in [-0.2, -0.15) is 0 Å². The van der Waals surface area contributed by atoms with Crippen molar-refractivity contribution in [2.75, 3.05) is 18.9 Å². The quantitative estimate of drug-likeness (QED) is 0.892. The fraction of sp³-hybridized carbons (Fsp3) is 0.600. The lowest BCUT2D eigenvalue weighted by atomic mass is 9.89. The number of nitrogens with zero attached hydrogens (tertiary/aromatic N) is 1. The number of anilines is 1. The molecule has 3 atom stereocenters. The molecular formula is C15H25N3O2S. The number of primary sulfonamides is 1. The first-order valence-corrected chi connectivity index (χ1v) is 8.84. The van der Waals surface area contributed by atoms with Crippen LogP contribution in [0.1, 0.15) is 25.8 Å². The SMILES string of the molecule is Cc1c(NC2CC(C)N(C)CC2C)cccc1S(N)(=O)=O. The van der Waals surface area contributed by atoms with Gasteiger partial charge in [-0.1, -0.05) is 13.0 Å². The van der Waals surface area contributed by atoms with E-state index in [1.807, 2.05) is 6.07 Å². The van der Waals surface area contributed by atoms with Crippen LogP contribution in [-0.4, -0.2) is 39.0 Å². The van der Waals surface area contributed by atoms with Gasteiger partial charge in [0.05, 0.1) is 4.90 Å². The van der Waals surface area contributed by atoms with Gasteiger partial charge >= 0.3 is 0 Å². The molecule has 0 saturated carbocycles. The molecule has 118 valence electrons. The maximum Gasteiger partial charge on any atom is 0.238 e. The standard InChI is InChI=1S/C15H25N3O2S/c1-10-9-18(4)11(2)8-14(10)17-13-6-5-7-15(12(13)3)21(16,19)20/h5-7,10-11,14,17H,8-9H2,1-4H3,(H2,16,19,20). The van der Waals surface area contributed by atoms with Gasteiger partial charge in [-0.25, -0.2) is 13.6 Å². The molecule has 1 saturated heterocycles. The zero-order valence-electron chi connectivity index (χ0n) is 13.1. The maximum atomic E-state index is 11.6. The monoisotopic (exact) mass is 311 g/mol. The van der Waals surface area contributed by atoms with Crippen molar-refractivity contribution in [3.8, 4) is 0 Å². The number of hydrogen-bond acceptors (Lipinski definition) is 4. The van der Waals surface area contributed by atoms with Crippen LogP contribution in [0.15, 0.2) is 23.1 Å². The molecule has 21 heavy (non-hydrogen) atoms. The third-order valence-corrected chi connectivity index (χ3v) is 5.60. The number of benzene rings is 1. The van der Waals surface area contributed by atoms with Crippen LogP contribution in [-0.2, 0) is 10.0 Å². The van der Waals surface area contributed by atoms with E-state index < -0.39 is 10.0 Å². The molecule has 1 aromatic carbocycles. The van der Waals surface area contributed by atoms with E-state index in [9.17, 15) is 8.42 Å². The van der Waals surface area contributed by atoms with Gasteiger partial charge in [0.25, 0.3) is 0 Å². The average molecular weight is 311 g/mol. The van der Waals surface area contributed by atoms with Gasteiger partial charge in [-0.3, -0.25) is 0 Å². The summed E-state index contributed by atoms with van der Waals surface area (Å²) in [5.41, 5.74) is 1.55. The van der Waals surface area contributed by atoms with Crippen LogP contribution in [0.5, 0.6) is 0 Å². The van der Waals surface area contributed by atoms with E-state index in [1.54, 1.807) is 19.1 Å². The second-order valence-electron chi connectivity index (χ2n) is 6.23. The Labute approximate surface area is 127 Å². The number of likely N-dealkylation sites (tertiary alicyclic amines) is 1.